The quantitative estimate of drug-likeness (QED) is 0.453. The number of imide groups is 1. The van der Waals surface area contributed by atoms with E-state index in [4.69, 9.17) is 9.47 Å². The second-order valence-electron chi connectivity index (χ2n) is 7.73. The minimum atomic E-state index is -0.928. The van der Waals surface area contributed by atoms with Gasteiger partial charge >= 0.3 is 0 Å². The summed E-state index contributed by atoms with van der Waals surface area (Å²) in [6.45, 7) is 1.70. The van der Waals surface area contributed by atoms with Crippen LogP contribution in [0.1, 0.15) is 23.6 Å². The van der Waals surface area contributed by atoms with Crippen molar-refractivity contribution in [1.82, 2.24) is 19.7 Å². The van der Waals surface area contributed by atoms with E-state index in [9.17, 15) is 14.4 Å². The van der Waals surface area contributed by atoms with Gasteiger partial charge in [0.1, 0.15) is 11.5 Å². The molecule has 2 N–H and O–H groups in total. The molecule has 10 heteroatoms. The van der Waals surface area contributed by atoms with Crippen LogP contribution in [0, 0.1) is 6.92 Å². The predicted octanol–water partition coefficient (Wildman–Crippen LogP) is 2.41. The Bertz CT molecular complexity index is 1430. The molecule has 168 valence electrons. The van der Waals surface area contributed by atoms with Crippen LogP contribution in [0.5, 0.6) is 11.5 Å². The first-order valence-electron chi connectivity index (χ1n) is 10.3. The number of methoxy groups -OCH3 is 2. The van der Waals surface area contributed by atoms with Gasteiger partial charge < -0.3 is 14.5 Å². The number of aromatic amines is 2. The van der Waals surface area contributed by atoms with Crippen molar-refractivity contribution >= 4 is 28.5 Å². The number of aromatic nitrogens is 4. The fourth-order valence-electron chi connectivity index (χ4n) is 4.25. The van der Waals surface area contributed by atoms with Crippen LogP contribution in [0.25, 0.3) is 17.0 Å². The van der Waals surface area contributed by atoms with E-state index in [1.165, 1.54) is 18.9 Å². The Morgan fingerprint density at radius 3 is 2.58 bits per heavy atom. The molecule has 2 aromatic heterocycles. The largest absolute Gasteiger partial charge is 0.497 e. The maximum Gasteiger partial charge on any atom is 0.278 e. The van der Waals surface area contributed by atoms with Gasteiger partial charge in [0, 0.05) is 18.2 Å². The van der Waals surface area contributed by atoms with E-state index in [2.05, 4.69) is 15.1 Å². The highest BCUT2D eigenvalue weighted by Crippen LogP contribution is 2.39. The molecule has 1 aliphatic heterocycles. The Hall–Kier alpha value is -4.34. The SMILES string of the molecule is COc1ccc(OC)c(N2C(=O)CC(c3c(C)[nH]n(-c4nc5ccccc5[nH]4)c3=O)C2=O)c1. The Labute approximate surface area is 187 Å². The highest BCUT2D eigenvalue weighted by Gasteiger charge is 2.44. The van der Waals surface area contributed by atoms with Crippen molar-refractivity contribution in [3.8, 4) is 17.4 Å². The molecular formula is C23H21N5O5. The molecule has 5 rings (SSSR count). The van der Waals surface area contributed by atoms with Gasteiger partial charge in [-0.2, -0.15) is 4.68 Å². The van der Waals surface area contributed by atoms with Gasteiger partial charge in [0.2, 0.25) is 17.8 Å². The van der Waals surface area contributed by atoms with E-state index in [1.54, 1.807) is 25.1 Å². The van der Waals surface area contributed by atoms with Crippen molar-refractivity contribution < 1.29 is 19.1 Å². The standard InChI is InChI=1S/C23H21N5O5/c1-12-20(22(31)28(26-12)23-24-15-6-4-5-7-16(15)25-23)14-11-19(29)27(21(14)30)17-10-13(32-2)8-9-18(17)33-3/h4-10,14,26H,11H2,1-3H3,(H,24,25). The topological polar surface area (TPSA) is 122 Å². The van der Waals surface area contributed by atoms with Gasteiger partial charge in [-0.1, -0.05) is 12.1 Å². The highest BCUT2D eigenvalue weighted by atomic mass is 16.5. The number of imidazole rings is 1. The Balaban J connectivity index is 1.56. The van der Waals surface area contributed by atoms with Gasteiger partial charge in [-0.3, -0.25) is 19.5 Å². The first-order valence-corrected chi connectivity index (χ1v) is 10.3. The molecule has 1 fully saturated rings. The third kappa shape index (κ3) is 3.18. The van der Waals surface area contributed by atoms with Crippen molar-refractivity contribution in [2.45, 2.75) is 19.3 Å². The summed E-state index contributed by atoms with van der Waals surface area (Å²) in [7, 11) is 2.95. The summed E-state index contributed by atoms with van der Waals surface area (Å²) < 4.78 is 11.8. The van der Waals surface area contributed by atoms with E-state index in [0.717, 1.165) is 10.4 Å². The number of hydrogen-bond donors (Lipinski definition) is 2. The molecule has 1 saturated heterocycles. The van der Waals surface area contributed by atoms with Crippen LogP contribution in [0.3, 0.4) is 0 Å². The molecule has 0 spiro atoms. The number of hydrogen-bond acceptors (Lipinski definition) is 6. The Morgan fingerprint density at radius 2 is 1.85 bits per heavy atom. The molecule has 0 saturated carbocycles. The number of benzene rings is 2. The third-order valence-electron chi connectivity index (χ3n) is 5.83. The second kappa shape index (κ2) is 7.66. The van der Waals surface area contributed by atoms with E-state index in [-0.39, 0.29) is 17.7 Å². The summed E-state index contributed by atoms with van der Waals surface area (Å²) in [5.74, 6) is -0.723. The number of carbonyl (C=O) groups excluding carboxylic acids is 2. The lowest BCUT2D eigenvalue weighted by molar-refractivity contribution is -0.121. The molecule has 1 aliphatic rings. The Morgan fingerprint density at radius 1 is 1.06 bits per heavy atom. The minimum Gasteiger partial charge on any atom is -0.497 e. The lowest BCUT2D eigenvalue weighted by Gasteiger charge is -2.18. The summed E-state index contributed by atoms with van der Waals surface area (Å²) in [4.78, 5) is 48.2. The number of H-pyrrole nitrogens is 2. The molecule has 3 heterocycles. The summed E-state index contributed by atoms with van der Waals surface area (Å²) in [6.07, 6.45) is -0.132. The molecule has 2 amide bonds. The van der Waals surface area contributed by atoms with E-state index < -0.39 is 23.3 Å². The summed E-state index contributed by atoms with van der Waals surface area (Å²) in [6, 6.07) is 12.3. The average molecular weight is 447 g/mol. The number of nitrogens with one attached hydrogen (secondary N) is 2. The van der Waals surface area contributed by atoms with Crippen LogP contribution < -0.4 is 19.9 Å². The van der Waals surface area contributed by atoms with Crippen LogP contribution >= 0.6 is 0 Å². The summed E-state index contributed by atoms with van der Waals surface area (Å²) in [5, 5.41) is 2.98. The molecule has 0 radical (unpaired) electrons. The van der Waals surface area contributed by atoms with Gasteiger partial charge in [0.05, 0.1) is 42.4 Å². The number of carbonyl (C=O) groups is 2. The third-order valence-corrected chi connectivity index (χ3v) is 5.83. The lowest BCUT2D eigenvalue weighted by Crippen LogP contribution is -2.31. The van der Waals surface area contributed by atoms with Crippen molar-refractivity contribution in [2.24, 2.45) is 0 Å². The molecule has 10 nitrogen and oxygen atoms in total. The number of para-hydroxylation sites is 2. The molecule has 33 heavy (non-hydrogen) atoms. The first-order chi connectivity index (χ1) is 15.9. The van der Waals surface area contributed by atoms with Gasteiger partial charge in [-0.15, -0.1) is 0 Å². The Kier molecular flexibility index (Phi) is 4.77. The number of amides is 2. The van der Waals surface area contributed by atoms with Gasteiger partial charge in [-0.25, -0.2) is 9.88 Å². The highest BCUT2D eigenvalue weighted by molar-refractivity contribution is 6.23. The molecule has 4 aromatic rings. The smallest absolute Gasteiger partial charge is 0.278 e. The minimum absolute atomic E-state index is 0.132. The maximum absolute atomic E-state index is 13.4. The molecule has 2 aromatic carbocycles. The van der Waals surface area contributed by atoms with Gasteiger partial charge in [-0.05, 0) is 31.2 Å². The lowest BCUT2D eigenvalue weighted by atomic mass is 9.98. The van der Waals surface area contributed by atoms with E-state index >= 15 is 0 Å². The van der Waals surface area contributed by atoms with Gasteiger partial charge in [0.15, 0.2) is 0 Å². The van der Waals surface area contributed by atoms with Gasteiger partial charge in [0.25, 0.3) is 5.56 Å². The molecule has 0 aliphatic carbocycles. The average Bonchev–Trinajstić information content (AvgIpc) is 3.46. The van der Waals surface area contributed by atoms with E-state index in [0.29, 0.717) is 28.7 Å². The molecule has 1 atom stereocenters. The molecule has 0 bridgehead atoms. The van der Waals surface area contributed by atoms with Crippen LogP contribution in [-0.4, -0.2) is 45.8 Å². The zero-order valence-corrected chi connectivity index (χ0v) is 18.2. The number of fused-ring (bicyclic) bond motifs is 1. The zero-order valence-electron chi connectivity index (χ0n) is 18.2. The molecule has 1 unspecified atom stereocenters. The fraction of sp³-hybridized carbons (Fsp3) is 0.217. The number of aryl methyl sites for hydroxylation is 1. The summed E-state index contributed by atoms with van der Waals surface area (Å²) >= 11 is 0. The predicted molar refractivity (Wildman–Crippen MR) is 120 cm³/mol. The fourth-order valence-corrected chi connectivity index (χ4v) is 4.25. The number of anilines is 1. The van der Waals surface area contributed by atoms with Crippen LogP contribution in [-0.2, 0) is 9.59 Å². The van der Waals surface area contributed by atoms with Crippen molar-refractivity contribution in [3.05, 3.63) is 64.1 Å². The monoisotopic (exact) mass is 447 g/mol. The summed E-state index contributed by atoms with van der Waals surface area (Å²) in [5.41, 5.74) is 2.05. The van der Waals surface area contributed by atoms with E-state index in [1.807, 2.05) is 24.3 Å². The zero-order chi connectivity index (χ0) is 23.3. The number of nitrogens with zero attached hydrogens (tertiary/aromatic N) is 3. The first kappa shape index (κ1) is 20.6. The second-order valence-corrected chi connectivity index (χ2v) is 7.73. The number of ether oxygens (including phenoxy) is 2. The molecular weight excluding hydrogens is 426 g/mol. The van der Waals surface area contributed by atoms with Crippen molar-refractivity contribution in [3.63, 3.8) is 0 Å². The van der Waals surface area contributed by atoms with Crippen molar-refractivity contribution in [2.75, 3.05) is 19.1 Å². The number of rotatable bonds is 5. The van der Waals surface area contributed by atoms with Crippen molar-refractivity contribution in [1.29, 1.82) is 0 Å². The van der Waals surface area contributed by atoms with Crippen LogP contribution in [0.2, 0.25) is 0 Å². The maximum atomic E-state index is 13.4. The van der Waals surface area contributed by atoms with Crippen LogP contribution in [0.4, 0.5) is 5.69 Å². The van der Waals surface area contributed by atoms with Crippen LogP contribution in [0.15, 0.2) is 47.3 Å². The normalized spacial score (nSPS) is 16.1.